The Morgan fingerprint density at radius 3 is 2.86 bits per heavy atom. The lowest BCUT2D eigenvalue weighted by molar-refractivity contribution is 0.587. The van der Waals surface area contributed by atoms with Gasteiger partial charge in [-0.15, -0.1) is 0 Å². The van der Waals surface area contributed by atoms with Crippen LogP contribution in [0.15, 0.2) is 24.3 Å². The van der Waals surface area contributed by atoms with E-state index < -0.39 is 0 Å². The first-order valence-electron chi connectivity index (χ1n) is 7.56. The van der Waals surface area contributed by atoms with Crippen molar-refractivity contribution in [2.45, 2.75) is 38.5 Å². The number of aromatic nitrogens is 2. The Bertz CT molecular complexity index is 629. The molecule has 0 amide bonds. The third-order valence-electron chi connectivity index (χ3n) is 4.19. The normalized spacial score (nSPS) is 17.4. The van der Waals surface area contributed by atoms with Crippen molar-refractivity contribution in [1.29, 1.82) is 0 Å². The first kappa shape index (κ1) is 14.8. The third kappa shape index (κ3) is 2.78. The number of nitrogens with zero attached hydrogens (tertiary/aromatic N) is 2. The fraction of sp³-hybridized carbons (Fsp3) is 0.412. The molecule has 21 heavy (non-hydrogen) atoms. The van der Waals surface area contributed by atoms with Gasteiger partial charge in [-0.3, -0.25) is 0 Å². The smallest absolute Gasteiger partial charge is 0.143 e. The van der Waals surface area contributed by atoms with Gasteiger partial charge in [-0.1, -0.05) is 31.2 Å². The van der Waals surface area contributed by atoms with Crippen molar-refractivity contribution in [2.75, 3.05) is 12.4 Å². The van der Waals surface area contributed by atoms with Gasteiger partial charge in [0.25, 0.3) is 0 Å². The molecule has 2 aromatic rings. The average Bonchev–Trinajstić information content (AvgIpc) is 2.54. The first-order chi connectivity index (χ1) is 10.2. The summed E-state index contributed by atoms with van der Waals surface area (Å²) < 4.78 is 1.14. The second-order valence-corrected chi connectivity index (χ2v) is 6.52. The van der Waals surface area contributed by atoms with Crippen LogP contribution in [0.25, 0.3) is 0 Å². The molecule has 4 heteroatoms. The Labute approximate surface area is 139 Å². The molecule has 1 unspecified atom stereocenters. The highest BCUT2D eigenvalue weighted by molar-refractivity contribution is 14.1. The number of nitrogens with one attached hydrogen (secondary N) is 1. The molecule has 0 aliphatic heterocycles. The maximum Gasteiger partial charge on any atom is 0.143 e. The van der Waals surface area contributed by atoms with Crippen LogP contribution in [-0.4, -0.2) is 17.0 Å². The maximum absolute atomic E-state index is 4.86. The van der Waals surface area contributed by atoms with Crippen molar-refractivity contribution in [3.63, 3.8) is 0 Å². The summed E-state index contributed by atoms with van der Waals surface area (Å²) in [7, 11) is 1.93. The molecule has 3 nitrogen and oxygen atoms in total. The van der Waals surface area contributed by atoms with Crippen LogP contribution in [0, 0.1) is 3.57 Å². The molecular formula is C17H20IN3. The van der Waals surface area contributed by atoms with Gasteiger partial charge in [0, 0.05) is 13.0 Å². The van der Waals surface area contributed by atoms with E-state index in [0.717, 1.165) is 33.7 Å². The van der Waals surface area contributed by atoms with Crippen molar-refractivity contribution in [2.24, 2.45) is 0 Å². The van der Waals surface area contributed by atoms with Gasteiger partial charge in [0.15, 0.2) is 0 Å². The fourth-order valence-electron chi connectivity index (χ4n) is 3.09. The molecular weight excluding hydrogens is 373 g/mol. The van der Waals surface area contributed by atoms with Gasteiger partial charge in [0.1, 0.15) is 11.6 Å². The van der Waals surface area contributed by atoms with Crippen molar-refractivity contribution in [3.05, 3.63) is 50.5 Å². The van der Waals surface area contributed by atoms with E-state index >= 15 is 0 Å². The zero-order chi connectivity index (χ0) is 14.8. The summed E-state index contributed by atoms with van der Waals surface area (Å²) in [5, 5.41) is 3.21. The fourth-order valence-corrected chi connectivity index (χ4v) is 3.98. The van der Waals surface area contributed by atoms with E-state index in [9.17, 15) is 0 Å². The highest BCUT2D eigenvalue weighted by atomic mass is 127. The van der Waals surface area contributed by atoms with E-state index in [1.807, 2.05) is 7.05 Å². The van der Waals surface area contributed by atoms with Crippen LogP contribution >= 0.6 is 22.6 Å². The number of aryl methyl sites for hydroxylation is 2. The Hall–Kier alpha value is -1.17. The largest absolute Gasteiger partial charge is 0.372 e. The minimum absolute atomic E-state index is 0.337. The summed E-state index contributed by atoms with van der Waals surface area (Å²) >= 11 is 2.34. The second-order valence-electron chi connectivity index (χ2n) is 5.44. The van der Waals surface area contributed by atoms with Crippen LogP contribution in [0.5, 0.6) is 0 Å². The summed E-state index contributed by atoms with van der Waals surface area (Å²) in [4.78, 5) is 9.66. The number of benzene rings is 1. The standard InChI is InChI=1S/C17H20IN3/c1-3-14-15(18)17(19-2)21-16(20-14)13-10-6-8-11-7-4-5-9-12(11)13/h4-5,7,9,13H,3,6,8,10H2,1-2H3,(H,19,20,21). The highest BCUT2D eigenvalue weighted by Crippen LogP contribution is 2.36. The number of hydrogen-bond donors (Lipinski definition) is 1. The lowest BCUT2D eigenvalue weighted by atomic mass is 9.82. The molecule has 110 valence electrons. The van der Waals surface area contributed by atoms with Crippen molar-refractivity contribution in [3.8, 4) is 0 Å². The molecule has 1 aromatic heterocycles. The number of fused-ring (bicyclic) bond motifs is 1. The molecule has 0 radical (unpaired) electrons. The predicted molar refractivity (Wildman–Crippen MR) is 94.9 cm³/mol. The van der Waals surface area contributed by atoms with Gasteiger partial charge < -0.3 is 5.32 Å². The molecule has 1 atom stereocenters. The van der Waals surface area contributed by atoms with E-state index in [0.29, 0.717) is 5.92 Å². The summed E-state index contributed by atoms with van der Waals surface area (Å²) in [5.74, 6) is 2.27. The monoisotopic (exact) mass is 393 g/mol. The average molecular weight is 393 g/mol. The van der Waals surface area contributed by atoms with Crippen LogP contribution in [0.2, 0.25) is 0 Å². The van der Waals surface area contributed by atoms with Crippen LogP contribution in [0.1, 0.15) is 48.3 Å². The molecule has 0 fully saturated rings. The van der Waals surface area contributed by atoms with Gasteiger partial charge in [0.2, 0.25) is 0 Å². The van der Waals surface area contributed by atoms with Gasteiger partial charge in [-0.25, -0.2) is 9.97 Å². The molecule has 0 spiro atoms. The zero-order valence-electron chi connectivity index (χ0n) is 12.5. The number of halogens is 1. The molecule has 3 rings (SSSR count). The molecule has 1 aromatic carbocycles. The summed E-state index contributed by atoms with van der Waals surface area (Å²) in [6.45, 7) is 2.16. The maximum atomic E-state index is 4.86. The van der Waals surface area contributed by atoms with Crippen molar-refractivity contribution < 1.29 is 0 Å². The van der Waals surface area contributed by atoms with E-state index in [-0.39, 0.29) is 0 Å². The molecule has 0 saturated carbocycles. The Balaban J connectivity index is 2.09. The first-order valence-corrected chi connectivity index (χ1v) is 8.64. The molecule has 1 N–H and O–H groups in total. The Morgan fingerprint density at radius 2 is 2.10 bits per heavy atom. The molecule has 0 bridgehead atoms. The van der Waals surface area contributed by atoms with Gasteiger partial charge in [-0.2, -0.15) is 0 Å². The second kappa shape index (κ2) is 6.30. The zero-order valence-corrected chi connectivity index (χ0v) is 14.6. The number of rotatable bonds is 3. The quantitative estimate of drug-likeness (QED) is 0.797. The van der Waals surface area contributed by atoms with Crippen LogP contribution in [-0.2, 0) is 12.8 Å². The highest BCUT2D eigenvalue weighted by Gasteiger charge is 2.25. The predicted octanol–water partition coefficient (Wildman–Crippen LogP) is 4.15. The van der Waals surface area contributed by atoms with E-state index in [4.69, 9.17) is 9.97 Å². The van der Waals surface area contributed by atoms with Crippen LogP contribution in [0.3, 0.4) is 0 Å². The topological polar surface area (TPSA) is 37.8 Å². The summed E-state index contributed by atoms with van der Waals surface area (Å²) in [5.41, 5.74) is 4.02. The third-order valence-corrected chi connectivity index (χ3v) is 5.32. The summed E-state index contributed by atoms with van der Waals surface area (Å²) in [6, 6.07) is 8.75. The molecule has 1 aliphatic rings. The summed E-state index contributed by atoms with van der Waals surface area (Å²) in [6.07, 6.45) is 4.48. The Morgan fingerprint density at radius 1 is 1.29 bits per heavy atom. The van der Waals surface area contributed by atoms with Crippen LogP contribution < -0.4 is 5.32 Å². The van der Waals surface area contributed by atoms with E-state index in [1.54, 1.807) is 0 Å². The van der Waals surface area contributed by atoms with E-state index in [2.05, 4.69) is 59.1 Å². The number of anilines is 1. The van der Waals surface area contributed by atoms with E-state index in [1.165, 1.54) is 24.0 Å². The molecule has 1 heterocycles. The van der Waals surface area contributed by atoms with Gasteiger partial charge in [-0.05, 0) is 59.4 Å². The SMILES string of the molecule is CCc1nc(C2CCCc3ccccc32)nc(NC)c1I. The van der Waals surface area contributed by atoms with Gasteiger partial charge >= 0.3 is 0 Å². The lowest BCUT2D eigenvalue weighted by Gasteiger charge is -2.25. The minimum atomic E-state index is 0.337. The van der Waals surface area contributed by atoms with Crippen LogP contribution in [0.4, 0.5) is 5.82 Å². The molecule has 1 aliphatic carbocycles. The molecule has 0 saturated heterocycles. The number of hydrogen-bond acceptors (Lipinski definition) is 3. The Kier molecular flexibility index (Phi) is 4.42. The lowest BCUT2D eigenvalue weighted by Crippen LogP contribution is -2.16. The van der Waals surface area contributed by atoms with Crippen molar-refractivity contribution >= 4 is 28.4 Å². The minimum Gasteiger partial charge on any atom is -0.372 e. The van der Waals surface area contributed by atoms with Crippen molar-refractivity contribution in [1.82, 2.24) is 9.97 Å². The van der Waals surface area contributed by atoms with Gasteiger partial charge in [0.05, 0.1) is 9.26 Å².